The fraction of sp³-hybridized carbons (Fsp3) is 0.900. The molecule has 0 aromatic carbocycles. The van der Waals surface area contributed by atoms with Crippen molar-refractivity contribution in [2.75, 3.05) is 19.6 Å². The summed E-state index contributed by atoms with van der Waals surface area (Å²) in [7, 11) is -3.38. The molecule has 100 valence electrons. The van der Waals surface area contributed by atoms with Gasteiger partial charge in [-0.3, -0.25) is 5.41 Å². The molecule has 0 aromatic heterocycles. The Kier molecular flexibility index (Phi) is 4.91. The fourth-order valence-electron chi connectivity index (χ4n) is 1.78. The molecule has 0 aliphatic heterocycles. The van der Waals surface area contributed by atoms with E-state index in [1.54, 1.807) is 0 Å². The highest BCUT2D eigenvalue weighted by Gasteiger charge is 2.39. The maximum atomic E-state index is 12.3. The normalized spacial score (nSPS) is 16.7. The van der Waals surface area contributed by atoms with Gasteiger partial charge < -0.3 is 5.73 Å². The van der Waals surface area contributed by atoms with Gasteiger partial charge in [-0.05, 0) is 12.8 Å². The largest absolute Gasteiger partial charge is 0.388 e. The first kappa shape index (κ1) is 14.4. The van der Waals surface area contributed by atoms with Gasteiger partial charge in [0.15, 0.2) is 0 Å². The molecular formula is C10H22N4O2S. The van der Waals surface area contributed by atoms with Crippen LogP contribution in [0.1, 0.15) is 33.1 Å². The van der Waals surface area contributed by atoms with Gasteiger partial charge in [0.1, 0.15) is 0 Å². The van der Waals surface area contributed by atoms with Crippen molar-refractivity contribution >= 4 is 16.0 Å². The number of amidine groups is 1. The molecule has 0 aromatic rings. The summed E-state index contributed by atoms with van der Waals surface area (Å²) in [5.74, 6) is 0.0328. The van der Waals surface area contributed by atoms with Gasteiger partial charge in [-0.25, -0.2) is 0 Å². The van der Waals surface area contributed by atoms with Gasteiger partial charge in [0, 0.05) is 32.1 Å². The molecule has 1 aliphatic rings. The SMILES string of the molecule is CCN(CC)S(=O)(=O)N(CCC(=N)N)C1CC1. The standard InChI is InChI=1S/C10H22N4O2S/c1-3-13(4-2)17(15,16)14(9-5-6-9)8-7-10(11)12/h9H,3-8H2,1-2H3,(H3,11,12). The molecule has 6 nitrogen and oxygen atoms in total. The van der Waals surface area contributed by atoms with E-state index in [1.807, 2.05) is 13.8 Å². The summed E-state index contributed by atoms with van der Waals surface area (Å²) in [5, 5.41) is 7.19. The van der Waals surface area contributed by atoms with Gasteiger partial charge in [0.25, 0.3) is 10.2 Å². The second kappa shape index (κ2) is 5.79. The minimum Gasteiger partial charge on any atom is -0.388 e. The number of hydrogen-bond acceptors (Lipinski definition) is 3. The van der Waals surface area contributed by atoms with E-state index >= 15 is 0 Å². The predicted molar refractivity (Wildman–Crippen MR) is 68.1 cm³/mol. The van der Waals surface area contributed by atoms with E-state index in [2.05, 4.69) is 0 Å². The Balaban J connectivity index is 2.78. The van der Waals surface area contributed by atoms with E-state index in [4.69, 9.17) is 11.1 Å². The van der Waals surface area contributed by atoms with E-state index in [1.165, 1.54) is 8.61 Å². The Hall–Kier alpha value is -0.660. The second-order valence-electron chi connectivity index (χ2n) is 4.21. The maximum Gasteiger partial charge on any atom is 0.282 e. The first-order valence-corrected chi connectivity index (χ1v) is 7.43. The summed E-state index contributed by atoms with van der Waals surface area (Å²) in [6, 6.07) is 0.111. The fourth-order valence-corrected chi connectivity index (χ4v) is 3.64. The zero-order valence-electron chi connectivity index (χ0n) is 10.5. The van der Waals surface area contributed by atoms with Gasteiger partial charge in [-0.15, -0.1) is 0 Å². The van der Waals surface area contributed by atoms with Crippen LogP contribution in [0.5, 0.6) is 0 Å². The molecule has 0 saturated heterocycles. The molecule has 0 unspecified atom stereocenters. The summed E-state index contributed by atoms with van der Waals surface area (Å²) < 4.78 is 27.6. The van der Waals surface area contributed by atoms with Gasteiger partial charge in [-0.1, -0.05) is 13.8 Å². The lowest BCUT2D eigenvalue weighted by atomic mass is 10.4. The Morgan fingerprint density at radius 1 is 1.35 bits per heavy atom. The van der Waals surface area contributed by atoms with Gasteiger partial charge >= 0.3 is 0 Å². The number of nitrogens with one attached hydrogen (secondary N) is 1. The van der Waals surface area contributed by atoms with E-state index in [-0.39, 0.29) is 11.9 Å². The lowest BCUT2D eigenvalue weighted by molar-refractivity contribution is 0.347. The topological polar surface area (TPSA) is 90.5 Å². The molecule has 0 spiro atoms. The zero-order chi connectivity index (χ0) is 13.1. The van der Waals surface area contributed by atoms with Crippen LogP contribution >= 0.6 is 0 Å². The molecule has 0 amide bonds. The van der Waals surface area contributed by atoms with E-state index in [9.17, 15) is 8.42 Å². The smallest absolute Gasteiger partial charge is 0.282 e. The van der Waals surface area contributed by atoms with Crippen molar-refractivity contribution in [3.8, 4) is 0 Å². The van der Waals surface area contributed by atoms with Crippen LogP contribution < -0.4 is 5.73 Å². The van der Waals surface area contributed by atoms with Crippen molar-refractivity contribution in [2.24, 2.45) is 5.73 Å². The highest BCUT2D eigenvalue weighted by molar-refractivity contribution is 7.86. The number of nitrogens with zero attached hydrogens (tertiary/aromatic N) is 2. The van der Waals surface area contributed by atoms with Gasteiger partial charge in [0.2, 0.25) is 0 Å². The van der Waals surface area contributed by atoms with Crippen molar-refractivity contribution in [3.05, 3.63) is 0 Å². The summed E-state index contributed by atoms with van der Waals surface area (Å²) in [6.45, 7) is 4.93. The Bertz CT molecular complexity index is 361. The van der Waals surface area contributed by atoms with Crippen LogP contribution in [0.3, 0.4) is 0 Å². The van der Waals surface area contributed by atoms with E-state index in [0.29, 0.717) is 26.1 Å². The third-order valence-electron chi connectivity index (χ3n) is 2.88. The first-order chi connectivity index (χ1) is 7.93. The molecule has 1 fully saturated rings. The summed E-state index contributed by atoms with van der Waals surface area (Å²) in [6.07, 6.45) is 2.13. The third kappa shape index (κ3) is 3.65. The summed E-state index contributed by atoms with van der Waals surface area (Å²) in [4.78, 5) is 0. The van der Waals surface area contributed by atoms with Crippen LogP contribution in [0.4, 0.5) is 0 Å². The van der Waals surface area contributed by atoms with Gasteiger partial charge in [0.05, 0.1) is 5.84 Å². The second-order valence-corrected chi connectivity index (χ2v) is 6.09. The van der Waals surface area contributed by atoms with Crippen molar-refractivity contribution in [1.82, 2.24) is 8.61 Å². The van der Waals surface area contributed by atoms with E-state index in [0.717, 1.165) is 12.8 Å². The molecule has 1 rings (SSSR count). The highest BCUT2D eigenvalue weighted by Crippen LogP contribution is 2.30. The molecule has 0 bridgehead atoms. The minimum atomic E-state index is -3.38. The average Bonchev–Trinajstić information content (AvgIpc) is 3.02. The molecule has 0 heterocycles. The summed E-state index contributed by atoms with van der Waals surface area (Å²) >= 11 is 0. The molecule has 0 radical (unpaired) electrons. The monoisotopic (exact) mass is 262 g/mol. The zero-order valence-corrected chi connectivity index (χ0v) is 11.3. The number of hydrogen-bond donors (Lipinski definition) is 2. The van der Waals surface area contributed by atoms with Crippen molar-refractivity contribution in [2.45, 2.75) is 39.2 Å². The average molecular weight is 262 g/mol. The van der Waals surface area contributed by atoms with Crippen LogP contribution in [0.2, 0.25) is 0 Å². The van der Waals surface area contributed by atoms with Gasteiger partial charge in [-0.2, -0.15) is 17.0 Å². The quantitative estimate of drug-likeness (QED) is 0.489. The lowest BCUT2D eigenvalue weighted by Gasteiger charge is -2.28. The Labute approximate surface area is 103 Å². The van der Waals surface area contributed by atoms with Crippen LogP contribution in [-0.4, -0.2) is 48.5 Å². The van der Waals surface area contributed by atoms with Crippen molar-refractivity contribution in [1.29, 1.82) is 5.41 Å². The van der Waals surface area contributed by atoms with Crippen LogP contribution in [0.25, 0.3) is 0 Å². The Morgan fingerprint density at radius 2 is 1.88 bits per heavy atom. The van der Waals surface area contributed by atoms with E-state index < -0.39 is 10.2 Å². The maximum absolute atomic E-state index is 12.3. The number of rotatable bonds is 8. The molecule has 7 heteroatoms. The molecule has 1 saturated carbocycles. The lowest BCUT2D eigenvalue weighted by Crippen LogP contribution is -2.45. The first-order valence-electron chi connectivity index (χ1n) is 6.03. The molecule has 17 heavy (non-hydrogen) atoms. The van der Waals surface area contributed by atoms with Crippen molar-refractivity contribution in [3.63, 3.8) is 0 Å². The van der Waals surface area contributed by atoms with Crippen LogP contribution in [0, 0.1) is 5.41 Å². The summed E-state index contributed by atoms with van der Waals surface area (Å²) in [5.41, 5.74) is 5.29. The molecular weight excluding hydrogens is 240 g/mol. The number of nitrogens with two attached hydrogens (primary N) is 1. The Morgan fingerprint density at radius 3 is 2.24 bits per heavy atom. The molecule has 3 N–H and O–H groups in total. The molecule has 0 atom stereocenters. The van der Waals surface area contributed by atoms with Crippen molar-refractivity contribution < 1.29 is 8.42 Å². The predicted octanol–water partition coefficient (Wildman–Crippen LogP) is 0.363. The third-order valence-corrected chi connectivity index (χ3v) is 5.13. The van der Waals surface area contributed by atoms with Crippen LogP contribution in [-0.2, 0) is 10.2 Å². The minimum absolute atomic E-state index is 0.0328. The van der Waals surface area contributed by atoms with Crippen LogP contribution in [0.15, 0.2) is 0 Å². The highest BCUT2D eigenvalue weighted by atomic mass is 32.2. The molecule has 1 aliphatic carbocycles.